The molecule has 0 aliphatic rings. The molecule has 0 aliphatic carbocycles. The van der Waals surface area contributed by atoms with Gasteiger partial charge in [0, 0.05) is 17.2 Å². The van der Waals surface area contributed by atoms with E-state index < -0.39 is 4.92 Å². The minimum Gasteiger partial charge on any atom is -0.289 e. The molecule has 0 spiro atoms. The zero-order valence-corrected chi connectivity index (χ0v) is 9.74. The molecule has 0 heterocycles. The van der Waals surface area contributed by atoms with Gasteiger partial charge in [-0.25, -0.2) is 4.85 Å². The SMILES string of the molecule is [C-]#[N+]c1ccc(C(=O)c2ccccc2)cc1[N+](=O)[O-]. The van der Waals surface area contributed by atoms with Crippen molar-refractivity contribution < 1.29 is 9.72 Å². The predicted octanol–water partition coefficient (Wildman–Crippen LogP) is 3.38. The van der Waals surface area contributed by atoms with Crippen molar-refractivity contribution in [3.05, 3.63) is 81.2 Å². The molecule has 19 heavy (non-hydrogen) atoms. The first-order valence-electron chi connectivity index (χ1n) is 5.39. The van der Waals surface area contributed by atoms with E-state index in [1.807, 2.05) is 0 Å². The van der Waals surface area contributed by atoms with E-state index >= 15 is 0 Å². The van der Waals surface area contributed by atoms with Crippen molar-refractivity contribution in [1.29, 1.82) is 0 Å². The van der Waals surface area contributed by atoms with Crippen LogP contribution in [-0.4, -0.2) is 10.7 Å². The molecule has 2 rings (SSSR count). The lowest BCUT2D eigenvalue weighted by atomic mass is 10.0. The van der Waals surface area contributed by atoms with E-state index in [1.165, 1.54) is 12.1 Å². The van der Waals surface area contributed by atoms with Gasteiger partial charge in [-0.3, -0.25) is 14.9 Å². The first kappa shape index (κ1) is 12.5. The summed E-state index contributed by atoms with van der Waals surface area (Å²) >= 11 is 0. The number of hydrogen-bond donors (Lipinski definition) is 0. The maximum atomic E-state index is 12.1. The van der Waals surface area contributed by atoms with Crippen LogP contribution in [0.4, 0.5) is 11.4 Å². The number of nitro groups is 1. The van der Waals surface area contributed by atoms with Gasteiger partial charge in [-0.05, 0) is 6.07 Å². The Labute approximate surface area is 109 Å². The van der Waals surface area contributed by atoms with Crippen LogP contribution < -0.4 is 0 Å². The summed E-state index contributed by atoms with van der Waals surface area (Å²) in [5.74, 6) is -0.305. The molecular weight excluding hydrogens is 244 g/mol. The van der Waals surface area contributed by atoms with Crippen LogP contribution >= 0.6 is 0 Å². The van der Waals surface area contributed by atoms with E-state index in [4.69, 9.17) is 6.57 Å². The second-order valence-corrected chi connectivity index (χ2v) is 3.77. The third kappa shape index (κ3) is 2.48. The summed E-state index contributed by atoms with van der Waals surface area (Å²) in [6.07, 6.45) is 0. The van der Waals surface area contributed by atoms with E-state index in [-0.39, 0.29) is 22.7 Å². The zero-order valence-electron chi connectivity index (χ0n) is 9.74. The van der Waals surface area contributed by atoms with Gasteiger partial charge >= 0.3 is 0 Å². The van der Waals surface area contributed by atoms with Crippen LogP contribution in [-0.2, 0) is 0 Å². The number of carbonyl (C=O) groups excluding carboxylic acids is 1. The number of benzene rings is 2. The Balaban J connectivity index is 2.48. The summed E-state index contributed by atoms with van der Waals surface area (Å²) in [7, 11) is 0. The third-order valence-corrected chi connectivity index (χ3v) is 2.59. The molecule has 0 atom stereocenters. The number of ketones is 1. The lowest BCUT2D eigenvalue weighted by molar-refractivity contribution is -0.383. The Bertz CT molecular complexity index is 688. The normalized spacial score (nSPS) is 9.63. The summed E-state index contributed by atoms with van der Waals surface area (Å²) in [4.78, 5) is 25.4. The van der Waals surface area contributed by atoms with Gasteiger partial charge in [0.25, 0.3) is 11.4 Å². The average Bonchev–Trinajstić information content (AvgIpc) is 2.46. The van der Waals surface area contributed by atoms with Crippen LogP contribution in [0.25, 0.3) is 4.85 Å². The number of rotatable bonds is 3. The van der Waals surface area contributed by atoms with Crippen molar-refractivity contribution in [2.24, 2.45) is 0 Å². The van der Waals surface area contributed by atoms with Gasteiger partial charge in [-0.2, -0.15) is 0 Å². The maximum absolute atomic E-state index is 12.1. The molecule has 2 aromatic rings. The van der Waals surface area contributed by atoms with Gasteiger partial charge in [0.05, 0.1) is 11.5 Å². The van der Waals surface area contributed by atoms with Crippen molar-refractivity contribution in [1.82, 2.24) is 0 Å². The molecule has 0 saturated carbocycles. The van der Waals surface area contributed by atoms with E-state index in [1.54, 1.807) is 30.3 Å². The quantitative estimate of drug-likeness (QED) is 0.364. The van der Waals surface area contributed by atoms with Gasteiger partial charge in [0.2, 0.25) is 0 Å². The molecule has 0 amide bonds. The fraction of sp³-hybridized carbons (Fsp3) is 0. The molecule has 92 valence electrons. The fourth-order valence-electron chi connectivity index (χ4n) is 1.66. The van der Waals surface area contributed by atoms with Crippen LogP contribution in [0.15, 0.2) is 48.5 Å². The van der Waals surface area contributed by atoms with E-state index in [9.17, 15) is 14.9 Å². The van der Waals surface area contributed by atoms with Crippen LogP contribution in [0.3, 0.4) is 0 Å². The Kier molecular flexibility index (Phi) is 3.35. The molecule has 0 saturated heterocycles. The molecular formula is C14H8N2O3. The van der Waals surface area contributed by atoms with Crippen LogP contribution in [0, 0.1) is 16.7 Å². The molecule has 0 bridgehead atoms. The molecule has 0 aromatic heterocycles. The minimum absolute atomic E-state index is 0.0744. The molecule has 0 aliphatic heterocycles. The largest absolute Gasteiger partial charge is 0.289 e. The van der Waals surface area contributed by atoms with Crippen LogP contribution in [0.2, 0.25) is 0 Å². The van der Waals surface area contributed by atoms with Gasteiger partial charge in [-0.15, -0.1) is 0 Å². The number of hydrogen-bond acceptors (Lipinski definition) is 3. The summed E-state index contributed by atoms with van der Waals surface area (Å²) < 4.78 is 0. The highest BCUT2D eigenvalue weighted by Crippen LogP contribution is 2.29. The van der Waals surface area contributed by atoms with E-state index in [0.29, 0.717) is 5.56 Å². The van der Waals surface area contributed by atoms with Crippen molar-refractivity contribution >= 4 is 17.2 Å². The average molecular weight is 252 g/mol. The summed E-state index contributed by atoms with van der Waals surface area (Å²) in [5.41, 5.74) is 0.226. The summed E-state index contributed by atoms with van der Waals surface area (Å²) in [5, 5.41) is 10.8. The molecule has 0 N–H and O–H groups in total. The summed E-state index contributed by atoms with van der Waals surface area (Å²) in [6.45, 7) is 6.86. The number of nitro benzene ring substituents is 1. The van der Waals surface area contributed by atoms with Crippen molar-refractivity contribution in [2.45, 2.75) is 0 Å². The van der Waals surface area contributed by atoms with Crippen molar-refractivity contribution in [2.75, 3.05) is 0 Å². The van der Waals surface area contributed by atoms with Gasteiger partial charge in [0.15, 0.2) is 5.78 Å². The molecule has 2 aromatic carbocycles. The smallest absolute Gasteiger partial charge is 0.279 e. The monoisotopic (exact) mass is 252 g/mol. The van der Waals surface area contributed by atoms with E-state index in [0.717, 1.165) is 6.07 Å². The Morgan fingerprint density at radius 2 is 1.79 bits per heavy atom. The minimum atomic E-state index is -0.658. The molecule has 5 heteroatoms. The number of carbonyl (C=O) groups is 1. The molecule has 0 unspecified atom stereocenters. The summed E-state index contributed by atoms with van der Waals surface area (Å²) in [6, 6.07) is 12.3. The van der Waals surface area contributed by atoms with Crippen molar-refractivity contribution in [3.8, 4) is 0 Å². The zero-order chi connectivity index (χ0) is 13.8. The highest BCUT2D eigenvalue weighted by Gasteiger charge is 2.18. The lowest BCUT2D eigenvalue weighted by Crippen LogP contribution is -2.01. The predicted molar refractivity (Wildman–Crippen MR) is 69.2 cm³/mol. The maximum Gasteiger partial charge on any atom is 0.279 e. The Hall–Kier alpha value is -3.00. The van der Waals surface area contributed by atoms with E-state index in [2.05, 4.69) is 4.85 Å². The number of nitrogens with zero attached hydrogens (tertiary/aromatic N) is 2. The lowest BCUT2D eigenvalue weighted by Gasteiger charge is -2.02. The first-order valence-corrected chi connectivity index (χ1v) is 5.39. The van der Waals surface area contributed by atoms with Crippen LogP contribution in [0.5, 0.6) is 0 Å². The Morgan fingerprint density at radius 3 is 2.37 bits per heavy atom. The first-order chi connectivity index (χ1) is 9.13. The van der Waals surface area contributed by atoms with Gasteiger partial charge in [-0.1, -0.05) is 36.4 Å². The molecule has 5 nitrogen and oxygen atoms in total. The highest BCUT2D eigenvalue weighted by atomic mass is 16.6. The van der Waals surface area contributed by atoms with Gasteiger partial charge in [0.1, 0.15) is 0 Å². The van der Waals surface area contributed by atoms with Gasteiger partial charge < -0.3 is 0 Å². The molecule has 0 fully saturated rings. The topological polar surface area (TPSA) is 64.6 Å². The Morgan fingerprint density at radius 1 is 1.11 bits per heavy atom. The van der Waals surface area contributed by atoms with Crippen molar-refractivity contribution in [3.63, 3.8) is 0 Å². The third-order valence-electron chi connectivity index (χ3n) is 2.59. The van der Waals surface area contributed by atoms with Crippen LogP contribution in [0.1, 0.15) is 15.9 Å². The second-order valence-electron chi connectivity index (χ2n) is 3.77. The molecule has 0 radical (unpaired) electrons. The standard InChI is InChI=1S/C14H8N2O3/c1-15-12-8-7-11(9-13(12)16(18)19)14(17)10-5-3-2-4-6-10/h2-9H. The highest BCUT2D eigenvalue weighted by molar-refractivity contribution is 6.09. The second kappa shape index (κ2) is 5.10. The fourth-order valence-corrected chi connectivity index (χ4v) is 1.66.